The maximum absolute atomic E-state index is 12.2. The Balaban J connectivity index is 2.12. The normalized spacial score (nSPS) is 23.0. The number of likely N-dealkylation sites (tertiary alicyclic amines) is 1. The number of rotatable bonds is 1. The fraction of sp³-hybridized carbons (Fsp3) is 0.588. The molecule has 0 aliphatic carbocycles. The Morgan fingerprint density at radius 3 is 2.48 bits per heavy atom. The summed E-state index contributed by atoms with van der Waals surface area (Å²) < 4.78 is 5.40. The molecule has 1 amide bonds. The number of hydrogen-bond acceptors (Lipinski definition) is 3. The first-order valence-electron chi connectivity index (χ1n) is 7.47. The Bertz CT molecular complexity index is 504. The van der Waals surface area contributed by atoms with E-state index < -0.39 is 11.2 Å². The standard InChI is InChI=1S/C17H25NO3/c1-13-6-8-14(9-7-13)17(20)10-5-11-18(12-17)15(19)21-16(2,3)4/h6-9,20H,5,10-12H2,1-4H3/t17-/m0/s1. The van der Waals surface area contributed by atoms with Crippen LogP contribution in [0.15, 0.2) is 24.3 Å². The summed E-state index contributed by atoms with van der Waals surface area (Å²) in [5.74, 6) is 0. The third-order valence-electron chi connectivity index (χ3n) is 3.71. The van der Waals surface area contributed by atoms with Gasteiger partial charge < -0.3 is 14.7 Å². The Labute approximate surface area is 126 Å². The molecule has 1 aliphatic heterocycles. The lowest BCUT2D eigenvalue weighted by atomic mass is 9.85. The first kappa shape index (κ1) is 15.8. The van der Waals surface area contributed by atoms with Crippen LogP contribution >= 0.6 is 0 Å². The van der Waals surface area contributed by atoms with E-state index in [0.717, 1.165) is 17.5 Å². The van der Waals surface area contributed by atoms with Crippen molar-refractivity contribution in [1.82, 2.24) is 4.90 Å². The quantitative estimate of drug-likeness (QED) is 0.864. The van der Waals surface area contributed by atoms with Gasteiger partial charge >= 0.3 is 6.09 Å². The third kappa shape index (κ3) is 3.97. The average Bonchev–Trinajstić information content (AvgIpc) is 2.37. The molecule has 1 aromatic carbocycles. The molecule has 0 saturated carbocycles. The molecular formula is C17H25NO3. The van der Waals surface area contributed by atoms with Crippen molar-refractivity contribution in [2.24, 2.45) is 0 Å². The second kappa shape index (κ2) is 5.68. The maximum atomic E-state index is 12.2. The number of piperidine rings is 1. The molecule has 116 valence electrons. The van der Waals surface area contributed by atoms with E-state index in [1.165, 1.54) is 0 Å². The SMILES string of the molecule is Cc1ccc([C@]2(O)CCCN(C(=O)OC(C)(C)C)C2)cc1. The van der Waals surface area contributed by atoms with Gasteiger partial charge in [-0.15, -0.1) is 0 Å². The summed E-state index contributed by atoms with van der Waals surface area (Å²) in [5, 5.41) is 10.9. The molecule has 0 unspecified atom stereocenters. The first-order chi connectivity index (χ1) is 9.70. The zero-order valence-electron chi connectivity index (χ0n) is 13.3. The minimum Gasteiger partial charge on any atom is -0.444 e. The first-order valence-corrected chi connectivity index (χ1v) is 7.47. The van der Waals surface area contributed by atoms with E-state index >= 15 is 0 Å². The Morgan fingerprint density at radius 2 is 1.90 bits per heavy atom. The summed E-state index contributed by atoms with van der Waals surface area (Å²) in [7, 11) is 0. The van der Waals surface area contributed by atoms with Gasteiger partial charge in [0.2, 0.25) is 0 Å². The van der Waals surface area contributed by atoms with Gasteiger partial charge in [-0.3, -0.25) is 0 Å². The molecule has 0 bridgehead atoms. The molecule has 1 aromatic rings. The number of nitrogens with zero attached hydrogens (tertiary/aromatic N) is 1. The average molecular weight is 291 g/mol. The largest absolute Gasteiger partial charge is 0.444 e. The Hall–Kier alpha value is -1.55. The molecule has 1 fully saturated rings. The van der Waals surface area contributed by atoms with Crippen molar-refractivity contribution in [3.63, 3.8) is 0 Å². The van der Waals surface area contributed by atoms with Gasteiger partial charge in [0.05, 0.1) is 6.54 Å². The van der Waals surface area contributed by atoms with Crippen LogP contribution in [0.4, 0.5) is 4.79 Å². The highest BCUT2D eigenvalue weighted by Crippen LogP contribution is 2.32. The molecule has 1 saturated heterocycles. The second-order valence-electron chi connectivity index (χ2n) is 6.90. The molecule has 0 spiro atoms. The molecule has 2 rings (SSSR count). The van der Waals surface area contributed by atoms with E-state index in [9.17, 15) is 9.90 Å². The van der Waals surface area contributed by atoms with Crippen LogP contribution in [-0.2, 0) is 10.3 Å². The number of aryl methyl sites for hydroxylation is 1. The van der Waals surface area contributed by atoms with Crippen LogP contribution in [0.2, 0.25) is 0 Å². The van der Waals surface area contributed by atoms with E-state index in [4.69, 9.17) is 4.74 Å². The minimum atomic E-state index is -0.983. The van der Waals surface area contributed by atoms with E-state index in [1.807, 2.05) is 52.0 Å². The fourth-order valence-corrected chi connectivity index (χ4v) is 2.62. The van der Waals surface area contributed by atoms with Crippen molar-refractivity contribution in [3.8, 4) is 0 Å². The number of amides is 1. The maximum Gasteiger partial charge on any atom is 0.410 e. The van der Waals surface area contributed by atoms with Crippen LogP contribution in [0.5, 0.6) is 0 Å². The van der Waals surface area contributed by atoms with Gasteiger partial charge in [-0.2, -0.15) is 0 Å². The topological polar surface area (TPSA) is 49.8 Å². The van der Waals surface area contributed by atoms with Crippen molar-refractivity contribution in [3.05, 3.63) is 35.4 Å². The molecule has 1 atom stereocenters. The molecule has 0 radical (unpaired) electrons. The summed E-state index contributed by atoms with van der Waals surface area (Å²) in [4.78, 5) is 13.8. The summed E-state index contributed by atoms with van der Waals surface area (Å²) in [6.45, 7) is 8.47. The molecule has 1 N–H and O–H groups in total. The number of β-amino-alcohol motifs (C(OH)–C–C–N with tert-alkyl or cyclic N) is 1. The number of aliphatic hydroxyl groups is 1. The van der Waals surface area contributed by atoms with Crippen LogP contribution in [0.25, 0.3) is 0 Å². The molecule has 4 nitrogen and oxygen atoms in total. The van der Waals surface area contributed by atoms with E-state index in [2.05, 4.69) is 0 Å². The van der Waals surface area contributed by atoms with Gasteiger partial charge in [0.1, 0.15) is 11.2 Å². The van der Waals surface area contributed by atoms with E-state index in [-0.39, 0.29) is 12.6 Å². The molecule has 1 heterocycles. The highest BCUT2D eigenvalue weighted by Gasteiger charge is 2.38. The van der Waals surface area contributed by atoms with E-state index in [1.54, 1.807) is 4.90 Å². The van der Waals surface area contributed by atoms with Gasteiger partial charge in [0, 0.05) is 6.54 Å². The molecule has 21 heavy (non-hydrogen) atoms. The summed E-state index contributed by atoms with van der Waals surface area (Å²) in [6, 6.07) is 7.85. The number of carbonyl (C=O) groups excluding carboxylic acids is 1. The lowest BCUT2D eigenvalue weighted by Crippen LogP contribution is -2.49. The van der Waals surface area contributed by atoms with Gasteiger partial charge in [-0.05, 0) is 46.1 Å². The highest BCUT2D eigenvalue weighted by atomic mass is 16.6. The molecular weight excluding hydrogens is 266 g/mol. The van der Waals surface area contributed by atoms with Crippen molar-refractivity contribution < 1.29 is 14.6 Å². The Morgan fingerprint density at radius 1 is 1.29 bits per heavy atom. The minimum absolute atomic E-state index is 0.283. The molecule has 0 aromatic heterocycles. The smallest absolute Gasteiger partial charge is 0.410 e. The summed E-state index contributed by atoms with van der Waals surface area (Å²) >= 11 is 0. The van der Waals surface area contributed by atoms with Crippen LogP contribution in [0.3, 0.4) is 0 Å². The van der Waals surface area contributed by atoms with Gasteiger partial charge in [-0.25, -0.2) is 4.79 Å². The Kier molecular flexibility index (Phi) is 4.28. The van der Waals surface area contributed by atoms with Crippen molar-refractivity contribution in [1.29, 1.82) is 0 Å². The van der Waals surface area contributed by atoms with Crippen LogP contribution in [0, 0.1) is 6.92 Å². The van der Waals surface area contributed by atoms with Crippen molar-refractivity contribution in [2.75, 3.05) is 13.1 Å². The van der Waals surface area contributed by atoms with Crippen LogP contribution < -0.4 is 0 Å². The summed E-state index contributed by atoms with van der Waals surface area (Å²) in [5.41, 5.74) is 0.517. The third-order valence-corrected chi connectivity index (χ3v) is 3.71. The van der Waals surface area contributed by atoms with Crippen molar-refractivity contribution in [2.45, 2.75) is 51.7 Å². The molecule has 4 heteroatoms. The zero-order valence-corrected chi connectivity index (χ0v) is 13.3. The van der Waals surface area contributed by atoms with E-state index in [0.29, 0.717) is 13.0 Å². The fourth-order valence-electron chi connectivity index (χ4n) is 2.62. The predicted octanol–water partition coefficient (Wildman–Crippen LogP) is 3.21. The number of hydrogen-bond donors (Lipinski definition) is 1. The van der Waals surface area contributed by atoms with Gasteiger partial charge in [0.15, 0.2) is 0 Å². The molecule has 1 aliphatic rings. The van der Waals surface area contributed by atoms with Gasteiger partial charge in [0.25, 0.3) is 0 Å². The number of ether oxygens (including phenoxy) is 1. The lowest BCUT2D eigenvalue weighted by Gasteiger charge is -2.40. The van der Waals surface area contributed by atoms with Crippen LogP contribution in [0.1, 0.15) is 44.7 Å². The van der Waals surface area contributed by atoms with Gasteiger partial charge in [-0.1, -0.05) is 29.8 Å². The highest BCUT2D eigenvalue weighted by molar-refractivity contribution is 5.68. The second-order valence-corrected chi connectivity index (χ2v) is 6.90. The monoisotopic (exact) mass is 291 g/mol. The number of benzene rings is 1. The van der Waals surface area contributed by atoms with Crippen molar-refractivity contribution >= 4 is 6.09 Å². The zero-order chi connectivity index (χ0) is 15.7. The lowest BCUT2D eigenvalue weighted by molar-refractivity contribution is -0.0465. The number of carbonyl (C=O) groups is 1. The summed E-state index contributed by atoms with van der Waals surface area (Å²) in [6.07, 6.45) is 1.08. The predicted molar refractivity (Wildman–Crippen MR) is 82.1 cm³/mol. The van der Waals surface area contributed by atoms with Crippen LogP contribution in [-0.4, -0.2) is 34.8 Å².